The van der Waals surface area contributed by atoms with Crippen LogP contribution in [0.2, 0.25) is 0 Å². The van der Waals surface area contributed by atoms with Gasteiger partial charge in [-0.15, -0.1) is 0 Å². The van der Waals surface area contributed by atoms with Gasteiger partial charge in [0, 0.05) is 26.2 Å². The fraction of sp³-hybridized carbons (Fsp3) is 0.923. The number of ether oxygens (including phenoxy) is 1. The van der Waals surface area contributed by atoms with Crippen LogP contribution in [0.15, 0.2) is 0 Å². The third-order valence-electron chi connectivity index (χ3n) is 3.93. The molecule has 1 N–H and O–H groups in total. The standard InChI is InChI=1S/C13H23N3O/c1-11-8-16(6-3-7-17-11)10-13(9-14,15-2)12-4-5-12/h11-12,15H,3-8,10H2,1-2H3. The van der Waals surface area contributed by atoms with Crippen LogP contribution < -0.4 is 5.32 Å². The molecule has 2 atom stereocenters. The summed E-state index contributed by atoms with van der Waals surface area (Å²) in [5.41, 5.74) is -0.343. The zero-order valence-corrected chi connectivity index (χ0v) is 10.9. The Morgan fingerprint density at radius 2 is 2.29 bits per heavy atom. The van der Waals surface area contributed by atoms with Gasteiger partial charge in [0.1, 0.15) is 5.54 Å². The van der Waals surface area contributed by atoms with Crippen molar-refractivity contribution in [2.24, 2.45) is 5.92 Å². The molecule has 0 aromatic rings. The van der Waals surface area contributed by atoms with Gasteiger partial charge >= 0.3 is 0 Å². The van der Waals surface area contributed by atoms with Crippen molar-refractivity contribution in [3.8, 4) is 6.07 Å². The Morgan fingerprint density at radius 3 is 2.88 bits per heavy atom. The summed E-state index contributed by atoms with van der Waals surface area (Å²) in [7, 11) is 1.92. The SMILES string of the molecule is CNC(C#N)(CN1CCCOC(C)C1)C1CC1. The largest absolute Gasteiger partial charge is 0.377 e. The summed E-state index contributed by atoms with van der Waals surface area (Å²) in [6.45, 7) is 5.78. The second-order valence-electron chi connectivity index (χ2n) is 5.38. The number of nitriles is 1. The van der Waals surface area contributed by atoms with Gasteiger partial charge in [-0.05, 0) is 39.2 Å². The molecule has 1 aliphatic carbocycles. The maximum absolute atomic E-state index is 9.48. The first-order valence-electron chi connectivity index (χ1n) is 6.64. The van der Waals surface area contributed by atoms with Crippen molar-refractivity contribution in [3.63, 3.8) is 0 Å². The Hall–Kier alpha value is -0.630. The van der Waals surface area contributed by atoms with E-state index in [9.17, 15) is 5.26 Å². The lowest BCUT2D eigenvalue weighted by atomic mass is 9.94. The van der Waals surface area contributed by atoms with E-state index in [1.165, 1.54) is 12.8 Å². The van der Waals surface area contributed by atoms with Gasteiger partial charge in [-0.25, -0.2) is 0 Å². The van der Waals surface area contributed by atoms with Crippen LogP contribution in [0.5, 0.6) is 0 Å². The normalized spacial score (nSPS) is 30.3. The van der Waals surface area contributed by atoms with E-state index in [-0.39, 0.29) is 11.6 Å². The van der Waals surface area contributed by atoms with E-state index in [1.807, 2.05) is 7.05 Å². The number of hydrogen-bond donors (Lipinski definition) is 1. The fourth-order valence-electron chi connectivity index (χ4n) is 2.75. The molecule has 4 nitrogen and oxygen atoms in total. The van der Waals surface area contributed by atoms with Crippen LogP contribution >= 0.6 is 0 Å². The minimum absolute atomic E-state index is 0.282. The van der Waals surface area contributed by atoms with Crippen LogP contribution in [0.1, 0.15) is 26.2 Å². The molecule has 1 saturated carbocycles. The zero-order valence-electron chi connectivity index (χ0n) is 10.9. The average molecular weight is 237 g/mol. The first kappa shape index (κ1) is 12.8. The van der Waals surface area contributed by atoms with Gasteiger partial charge in [0.25, 0.3) is 0 Å². The summed E-state index contributed by atoms with van der Waals surface area (Å²) in [6.07, 6.45) is 3.73. The zero-order chi connectivity index (χ0) is 12.3. The van der Waals surface area contributed by atoms with Crippen molar-refractivity contribution in [1.29, 1.82) is 5.26 Å². The number of nitrogens with zero attached hydrogens (tertiary/aromatic N) is 2. The van der Waals surface area contributed by atoms with Gasteiger partial charge < -0.3 is 10.1 Å². The lowest BCUT2D eigenvalue weighted by molar-refractivity contribution is 0.0642. The summed E-state index contributed by atoms with van der Waals surface area (Å²) in [5.74, 6) is 0.539. The lowest BCUT2D eigenvalue weighted by Crippen LogP contribution is -2.53. The Labute approximate surface area is 104 Å². The van der Waals surface area contributed by atoms with Crippen LogP contribution in [0.3, 0.4) is 0 Å². The lowest BCUT2D eigenvalue weighted by Gasteiger charge is -2.33. The van der Waals surface area contributed by atoms with E-state index in [0.717, 1.165) is 32.7 Å². The van der Waals surface area contributed by atoms with E-state index in [1.54, 1.807) is 0 Å². The van der Waals surface area contributed by atoms with Crippen molar-refractivity contribution in [2.45, 2.75) is 37.8 Å². The van der Waals surface area contributed by atoms with Crippen molar-refractivity contribution < 1.29 is 4.74 Å². The summed E-state index contributed by atoms with van der Waals surface area (Å²) in [6, 6.07) is 2.52. The third kappa shape index (κ3) is 2.98. The predicted octanol–water partition coefficient (Wildman–Crippen LogP) is 0.989. The molecular weight excluding hydrogens is 214 g/mol. The molecule has 1 aliphatic heterocycles. The molecule has 0 aromatic heterocycles. The summed E-state index contributed by atoms with van der Waals surface area (Å²) >= 11 is 0. The maximum Gasteiger partial charge on any atom is 0.122 e. The van der Waals surface area contributed by atoms with Crippen molar-refractivity contribution >= 4 is 0 Å². The molecule has 0 radical (unpaired) electrons. The Balaban J connectivity index is 1.99. The van der Waals surface area contributed by atoms with E-state index in [0.29, 0.717) is 5.92 Å². The highest BCUT2D eigenvalue weighted by Gasteiger charge is 2.45. The highest BCUT2D eigenvalue weighted by molar-refractivity contribution is 5.16. The molecule has 0 amide bonds. The molecule has 2 unspecified atom stereocenters. The molecule has 0 spiro atoms. The third-order valence-corrected chi connectivity index (χ3v) is 3.93. The van der Waals surface area contributed by atoms with Crippen molar-refractivity contribution in [1.82, 2.24) is 10.2 Å². The average Bonchev–Trinajstić information content (AvgIpc) is 3.14. The quantitative estimate of drug-likeness (QED) is 0.792. The second-order valence-corrected chi connectivity index (χ2v) is 5.38. The van der Waals surface area contributed by atoms with Gasteiger partial charge in [-0.2, -0.15) is 5.26 Å². The summed E-state index contributed by atoms with van der Waals surface area (Å²) < 4.78 is 5.65. The van der Waals surface area contributed by atoms with Crippen molar-refractivity contribution in [3.05, 3.63) is 0 Å². The molecule has 2 fully saturated rings. The van der Waals surface area contributed by atoms with Crippen molar-refractivity contribution in [2.75, 3.05) is 33.3 Å². The number of likely N-dealkylation sites (N-methyl/N-ethyl adjacent to an activating group) is 1. The molecule has 1 saturated heterocycles. The molecule has 1 heterocycles. The Kier molecular flexibility index (Phi) is 4.03. The molecular formula is C13H23N3O. The number of nitrogens with one attached hydrogen (secondary N) is 1. The molecule has 17 heavy (non-hydrogen) atoms. The first-order chi connectivity index (χ1) is 8.20. The van der Waals surface area contributed by atoms with E-state index < -0.39 is 0 Å². The van der Waals surface area contributed by atoms with Gasteiger partial charge in [0.15, 0.2) is 0 Å². The van der Waals surface area contributed by atoms with Crippen LogP contribution in [0.4, 0.5) is 0 Å². The topological polar surface area (TPSA) is 48.3 Å². The number of hydrogen-bond acceptors (Lipinski definition) is 4. The second kappa shape index (κ2) is 5.34. The maximum atomic E-state index is 9.48. The monoisotopic (exact) mass is 237 g/mol. The summed E-state index contributed by atoms with van der Waals surface area (Å²) in [4.78, 5) is 2.38. The van der Waals surface area contributed by atoms with Crippen LogP contribution in [0, 0.1) is 17.2 Å². The van der Waals surface area contributed by atoms with E-state index in [4.69, 9.17) is 4.74 Å². The van der Waals surface area contributed by atoms with Crippen LogP contribution in [0.25, 0.3) is 0 Å². The highest BCUT2D eigenvalue weighted by Crippen LogP contribution is 2.39. The van der Waals surface area contributed by atoms with Gasteiger partial charge in [0.2, 0.25) is 0 Å². The smallest absolute Gasteiger partial charge is 0.122 e. The van der Waals surface area contributed by atoms with Crippen LogP contribution in [-0.2, 0) is 4.74 Å². The molecule has 96 valence electrons. The minimum atomic E-state index is -0.343. The first-order valence-corrected chi connectivity index (χ1v) is 6.64. The molecule has 2 aliphatic rings. The van der Waals surface area contributed by atoms with Gasteiger partial charge in [-0.1, -0.05) is 0 Å². The minimum Gasteiger partial charge on any atom is -0.377 e. The Morgan fingerprint density at radius 1 is 1.53 bits per heavy atom. The Bertz CT molecular complexity index is 298. The number of rotatable bonds is 4. The van der Waals surface area contributed by atoms with E-state index >= 15 is 0 Å². The van der Waals surface area contributed by atoms with Gasteiger partial charge in [0.05, 0.1) is 12.2 Å². The predicted molar refractivity (Wildman–Crippen MR) is 66.6 cm³/mol. The highest BCUT2D eigenvalue weighted by atomic mass is 16.5. The molecule has 0 bridgehead atoms. The molecule has 0 aromatic carbocycles. The fourth-order valence-corrected chi connectivity index (χ4v) is 2.75. The molecule has 4 heteroatoms. The van der Waals surface area contributed by atoms with E-state index in [2.05, 4.69) is 23.2 Å². The van der Waals surface area contributed by atoms with Crippen LogP contribution in [-0.4, -0.2) is 49.8 Å². The summed E-state index contributed by atoms with van der Waals surface area (Å²) in [5, 5.41) is 12.7. The molecule has 2 rings (SSSR count). The van der Waals surface area contributed by atoms with Gasteiger partial charge in [-0.3, -0.25) is 4.90 Å².